The molecular formula is C16H10N2O7. The van der Waals surface area contributed by atoms with Crippen LogP contribution in [0, 0.1) is 32.6 Å². The van der Waals surface area contributed by atoms with E-state index in [9.17, 15) is 25.0 Å². The van der Waals surface area contributed by atoms with Crippen molar-refractivity contribution in [2.75, 3.05) is 0 Å². The number of hydrogen-bond acceptors (Lipinski definition) is 7. The summed E-state index contributed by atoms with van der Waals surface area (Å²) in [5, 5.41) is 21.3. The second-order valence-corrected chi connectivity index (χ2v) is 4.64. The lowest BCUT2D eigenvalue weighted by Crippen LogP contribution is -2.14. The average molecular weight is 342 g/mol. The Morgan fingerprint density at radius 3 is 2.16 bits per heavy atom. The lowest BCUT2D eigenvalue weighted by Gasteiger charge is -2.08. The second-order valence-electron chi connectivity index (χ2n) is 4.64. The van der Waals surface area contributed by atoms with Crippen LogP contribution >= 0.6 is 0 Å². The molecule has 0 atom stereocenters. The fourth-order valence-electron chi connectivity index (χ4n) is 1.87. The first-order valence-corrected chi connectivity index (χ1v) is 6.75. The van der Waals surface area contributed by atoms with E-state index >= 15 is 0 Å². The second kappa shape index (κ2) is 7.56. The quantitative estimate of drug-likeness (QED) is 0.269. The zero-order valence-corrected chi connectivity index (χ0v) is 12.6. The standard InChI is InChI=1S/C16H10N2O7/c1-2-3-11-10-13(18(22)23)6-9-15(11)25-16(19)24-14-7-4-12(5-8-14)17(20)21/h1,4-10H,3H2. The molecule has 0 saturated heterocycles. The first kappa shape index (κ1) is 17.4. The monoisotopic (exact) mass is 342 g/mol. The third-order valence-electron chi connectivity index (χ3n) is 2.99. The highest BCUT2D eigenvalue weighted by Crippen LogP contribution is 2.25. The fourth-order valence-corrected chi connectivity index (χ4v) is 1.87. The van der Waals surface area contributed by atoms with E-state index in [1.807, 2.05) is 0 Å². The Hall–Kier alpha value is -3.93. The Bertz CT molecular complexity index is 869. The first-order valence-electron chi connectivity index (χ1n) is 6.75. The summed E-state index contributed by atoms with van der Waals surface area (Å²) in [6.07, 6.45) is 4.11. The summed E-state index contributed by atoms with van der Waals surface area (Å²) in [5.74, 6) is 2.37. The molecule has 0 heterocycles. The van der Waals surface area contributed by atoms with Gasteiger partial charge in [-0.25, -0.2) is 4.79 Å². The molecule has 0 bridgehead atoms. The maximum atomic E-state index is 11.8. The Morgan fingerprint density at radius 2 is 1.60 bits per heavy atom. The smallest absolute Gasteiger partial charge is 0.395 e. The molecule has 2 aromatic carbocycles. The molecule has 0 aliphatic heterocycles. The maximum absolute atomic E-state index is 11.8. The van der Waals surface area contributed by atoms with Crippen LogP contribution in [-0.2, 0) is 6.42 Å². The van der Waals surface area contributed by atoms with Crippen molar-refractivity contribution in [2.24, 2.45) is 0 Å². The van der Waals surface area contributed by atoms with Gasteiger partial charge < -0.3 is 9.47 Å². The minimum atomic E-state index is -1.11. The van der Waals surface area contributed by atoms with Gasteiger partial charge in [-0.15, -0.1) is 12.3 Å². The van der Waals surface area contributed by atoms with Crippen molar-refractivity contribution >= 4 is 17.5 Å². The number of ether oxygens (including phenoxy) is 2. The molecule has 0 unspecified atom stereocenters. The largest absolute Gasteiger partial charge is 0.519 e. The summed E-state index contributed by atoms with van der Waals surface area (Å²) in [5.41, 5.74) is -0.0777. The SMILES string of the molecule is C#CCc1cc([N+](=O)[O-])ccc1OC(=O)Oc1ccc([N+](=O)[O-])cc1. The zero-order chi connectivity index (χ0) is 18.4. The Labute approximate surface area is 141 Å². The molecule has 0 fully saturated rings. The van der Waals surface area contributed by atoms with Crippen LogP contribution in [0.2, 0.25) is 0 Å². The van der Waals surface area contributed by atoms with E-state index in [1.165, 1.54) is 24.3 Å². The van der Waals surface area contributed by atoms with Crippen molar-refractivity contribution in [2.45, 2.75) is 6.42 Å². The lowest BCUT2D eigenvalue weighted by atomic mass is 10.1. The van der Waals surface area contributed by atoms with E-state index in [4.69, 9.17) is 15.9 Å². The van der Waals surface area contributed by atoms with Gasteiger partial charge >= 0.3 is 6.16 Å². The van der Waals surface area contributed by atoms with Gasteiger partial charge in [-0.3, -0.25) is 20.2 Å². The third kappa shape index (κ3) is 4.52. The van der Waals surface area contributed by atoms with Crippen LogP contribution in [0.15, 0.2) is 42.5 Å². The topological polar surface area (TPSA) is 122 Å². The van der Waals surface area contributed by atoms with Gasteiger partial charge in [0.2, 0.25) is 0 Å². The van der Waals surface area contributed by atoms with Crippen molar-refractivity contribution in [1.82, 2.24) is 0 Å². The zero-order valence-electron chi connectivity index (χ0n) is 12.6. The maximum Gasteiger partial charge on any atom is 0.519 e. The van der Waals surface area contributed by atoms with Crippen LogP contribution in [0.4, 0.5) is 16.2 Å². The number of nitro benzene ring substituents is 2. The summed E-state index contributed by atoms with van der Waals surface area (Å²) < 4.78 is 9.90. The fraction of sp³-hybridized carbons (Fsp3) is 0.0625. The van der Waals surface area contributed by atoms with E-state index in [1.54, 1.807) is 0 Å². The molecule has 2 rings (SSSR count). The van der Waals surface area contributed by atoms with Crippen LogP contribution in [0.3, 0.4) is 0 Å². The highest BCUT2D eigenvalue weighted by molar-refractivity contribution is 5.68. The highest BCUT2D eigenvalue weighted by Gasteiger charge is 2.16. The van der Waals surface area contributed by atoms with Gasteiger partial charge in [-0.1, -0.05) is 0 Å². The van der Waals surface area contributed by atoms with Gasteiger partial charge in [0, 0.05) is 36.2 Å². The number of nitro groups is 2. The first-order chi connectivity index (χ1) is 11.9. The predicted molar refractivity (Wildman–Crippen MR) is 85.4 cm³/mol. The van der Waals surface area contributed by atoms with Gasteiger partial charge in [0.15, 0.2) is 0 Å². The van der Waals surface area contributed by atoms with E-state index in [-0.39, 0.29) is 34.9 Å². The minimum Gasteiger partial charge on any atom is -0.395 e. The number of carbonyl (C=O) groups is 1. The summed E-state index contributed by atoms with van der Waals surface area (Å²) in [4.78, 5) is 32.0. The molecule has 0 aliphatic carbocycles. The molecule has 0 aromatic heterocycles. The van der Waals surface area contributed by atoms with Crippen molar-refractivity contribution in [3.63, 3.8) is 0 Å². The number of hydrogen-bond donors (Lipinski definition) is 0. The Morgan fingerprint density at radius 1 is 1.00 bits per heavy atom. The van der Waals surface area contributed by atoms with Gasteiger partial charge in [0.05, 0.1) is 9.85 Å². The molecule has 0 aliphatic rings. The van der Waals surface area contributed by atoms with Crippen molar-refractivity contribution in [3.05, 3.63) is 68.3 Å². The molecule has 0 spiro atoms. The van der Waals surface area contributed by atoms with Crippen LogP contribution in [0.1, 0.15) is 5.56 Å². The molecule has 126 valence electrons. The average Bonchev–Trinajstić information content (AvgIpc) is 2.57. The summed E-state index contributed by atoms with van der Waals surface area (Å²) in [6, 6.07) is 8.40. The molecule has 0 N–H and O–H groups in total. The summed E-state index contributed by atoms with van der Waals surface area (Å²) in [7, 11) is 0. The van der Waals surface area contributed by atoms with Gasteiger partial charge in [0.1, 0.15) is 11.5 Å². The summed E-state index contributed by atoms with van der Waals surface area (Å²) >= 11 is 0. The molecule has 9 heteroatoms. The van der Waals surface area contributed by atoms with Gasteiger partial charge in [0.25, 0.3) is 11.4 Å². The van der Waals surface area contributed by atoms with Gasteiger partial charge in [-0.05, 0) is 18.2 Å². The number of benzene rings is 2. The van der Waals surface area contributed by atoms with Crippen molar-refractivity contribution < 1.29 is 24.1 Å². The summed E-state index contributed by atoms with van der Waals surface area (Å²) in [6.45, 7) is 0. The van der Waals surface area contributed by atoms with Crippen molar-refractivity contribution in [1.29, 1.82) is 0 Å². The normalized spacial score (nSPS) is 9.72. The van der Waals surface area contributed by atoms with E-state index in [0.717, 1.165) is 18.2 Å². The Kier molecular flexibility index (Phi) is 5.27. The number of terminal acetylenes is 1. The molecule has 9 nitrogen and oxygen atoms in total. The van der Waals surface area contributed by atoms with Crippen LogP contribution < -0.4 is 9.47 Å². The predicted octanol–water partition coefficient (Wildman–Crippen LogP) is 3.26. The molecule has 0 saturated carbocycles. The number of carbonyl (C=O) groups excluding carboxylic acids is 1. The van der Waals surface area contributed by atoms with E-state index < -0.39 is 16.0 Å². The molecule has 25 heavy (non-hydrogen) atoms. The van der Waals surface area contributed by atoms with Crippen LogP contribution in [0.25, 0.3) is 0 Å². The molecule has 2 aromatic rings. The molecule has 0 amide bonds. The van der Waals surface area contributed by atoms with Crippen molar-refractivity contribution in [3.8, 4) is 23.8 Å². The lowest BCUT2D eigenvalue weighted by molar-refractivity contribution is -0.385. The van der Waals surface area contributed by atoms with E-state index in [0.29, 0.717) is 0 Å². The number of nitrogens with zero attached hydrogens (tertiary/aromatic N) is 2. The van der Waals surface area contributed by atoms with Crippen LogP contribution in [0.5, 0.6) is 11.5 Å². The third-order valence-corrected chi connectivity index (χ3v) is 2.99. The molecular weight excluding hydrogens is 332 g/mol. The van der Waals surface area contributed by atoms with E-state index in [2.05, 4.69) is 5.92 Å². The number of rotatable bonds is 5. The minimum absolute atomic E-state index is 0.0157. The highest BCUT2D eigenvalue weighted by atomic mass is 16.7. The number of non-ortho nitro benzene ring substituents is 2. The molecule has 0 radical (unpaired) electrons. The van der Waals surface area contributed by atoms with Gasteiger partial charge in [-0.2, -0.15) is 0 Å². The Balaban J connectivity index is 2.13. The van der Waals surface area contributed by atoms with Crippen LogP contribution in [-0.4, -0.2) is 16.0 Å².